The Kier molecular flexibility index (Phi) is 3.26. The lowest BCUT2D eigenvalue weighted by Gasteiger charge is -2.30. The van der Waals surface area contributed by atoms with E-state index in [-0.39, 0.29) is 0 Å². The molecule has 0 heterocycles. The smallest absolute Gasteiger partial charge is 0.119 e. The molecular weight excluding hydrogens is 234 g/mol. The van der Waals surface area contributed by atoms with Crippen LogP contribution in [0.2, 0.25) is 0 Å². The van der Waals surface area contributed by atoms with Gasteiger partial charge in [0.25, 0.3) is 0 Å². The van der Waals surface area contributed by atoms with Gasteiger partial charge in [-0.15, -0.1) is 0 Å². The summed E-state index contributed by atoms with van der Waals surface area (Å²) in [6.45, 7) is 0. The van der Waals surface area contributed by atoms with E-state index in [1.165, 1.54) is 16.7 Å². The minimum Gasteiger partial charge on any atom is -0.497 e. The highest BCUT2D eigenvalue weighted by molar-refractivity contribution is 5.48. The number of ether oxygens (including phenoxy) is 1. The summed E-state index contributed by atoms with van der Waals surface area (Å²) in [5, 5.41) is 0. The predicted molar refractivity (Wildman–Crippen MR) is 77.0 cm³/mol. The first-order chi connectivity index (χ1) is 9.29. The van der Waals surface area contributed by atoms with Crippen LogP contribution in [-0.4, -0.2) is 7.11 Å². The largest absolute Gasteiger partial charge is 0.497 e. The van der Waals surface area contributed by atoms with Crippen molar-refractivity contribution < 1.29 is 4.74 Å². The molecule has 1 atom stereocenters. The first-order valence-corrected chi connectivity index (χ1v) is 6.64. The lowest BCUT2D eigenvalue weighted by atomic mass is 9.77. The fourth-order valence-corrected chi connectivity index (χ4v) is 2.86. The van der Waals surface area contributed by atoms with Crippen molar-refractivity contribution in [3.63, 3.8) is 0 Å². The van der Waals surface area contributed by atoms with E-state index in [1.54, 1.807) is 7.11 Å². The Morgan fingerprint density at radius 3 is 2.63 bits per heavy atom. The first kappa shape index (κ1) is 12.2. The van der Waals surface area contributed by atoms with Crippen molar-refractivity contribution in [3.05, 3.63) is 71.3 Å². The molecule has 0 bridgehead atoms. The minimum absolute atomic E-state index is 0.335. The summed E-state index contributed by atoms with van der Waals surface area (Å²) in [7, 11) is 1.70. The van der Waals surface area contributed by atoms with Gasteiger partial charge in [-0.2, -0.15) is 0 Å². The zero-order valence-electron chi connectivity index (χ0n) is 11.1. The van der Waals surface area contributed by atoms with E-state index < -0.39 is 0 Å². The molecule has 1 aliphatic rings. The summed E-state index contributed by atoms with van der Waals surface area (Å²) in [6, 6.07) is 17.7. The van der Waals surface area contributed by atoms with Crippen molar-refractivity contribution in [3.8, 4) is 5.75 Å². The number of nitrogens with two attached hydrogens (primary N) is 1. The summed E-state index contributed by atoms with van der Waals surface area (Å²) in [5.41, 5.74) is 10.2. The molecule has 2 N–H and O–H groups in total. The molecule has 1 radical (unpaired) electrons. The Bertz CT molecular complexity index is 565. The van der Waals surface area contributed by atoms with Crippen molar-refractivity contribution in [2.45, 2.75) is 18.8 Å². The second-order valence-electron chi connectivity index (χ2n) is 4.98. The van der Waals surface area contributed by atoms with Crippen molar-refractivity contribution >= 4 is 0 Å². The minimum atomic E-state index is 0.335. The molecule has 0 amide bonds. The maximum absolute atomic E-state index is 6.39. The molecule has 0 aromatic heterocycles. The molecule has 0 saturated carbocycles. The maximum atomic E-state index is 6.39. The Balaban J connectivity index is 1.94. The molecule has 1 aliphatic carbocycles. The van der Waals surface area contributed by atoms with Crippen LogP contribution >= 0.6 is 0 Å². The van der Waals surface area contributed by atoms with Gasteiger partial charge in [-0.1, -0.05) is 36.4 Å². The Morgan fingerprint density at radius 2 is 1.89 bits per heavy atom. The van der Waals surface area contributed by atoms with Crippen LogP contribution in [0.3, 0.4) is 0 Å². The van der Waals surface area contributed by atoms with E-state index in [0.29, 0.717) is 5.92 Å². The number of hydrogen-bond donors (Lipinski definition) is 1. The van der Waals surface area contributed by atoms with Crippen molar-refractivity contribution in [2.24, 2.45) is 5.73 Å². The molecule has 0 spiro atoms. The molecule has 2 aromatic carbocycles. The molecule has 3 rings (SSSR count). The van der Waals surface area contributed by atoms with Gasteiger partial charge in [0.2, 0.25) is 0 Å². The molecule has 2 nitrogen and oxygen atoms in total. The number of rotatable bonds is 2. The SMILES string of the molecule is COc1ccc2c(c1)CC[C@H](c1ccccc1)[C]2N. The zero-order chi connectivity index (χ0) is 13.2. The third-order valence-corrected chi connectivity index (χ3v) is 3.90. The van der Waals surface area contributed by atoms with E-state index in [0.717, 1.165) is 24.6 Å². The van der Waals surface area contributed by atoms with E-state index in [1.807, 2.05) is 12.1 Å². The van der Waals surface area contributed by atoms with Crippen LogP contribution in [0.4, 0.5) is 0 Å². The lowest BCUT2D eigenvalue weighted by molar-refractivity contribution is 0.413. The summed E-state index contributed by atoms with van der Waals surface area (Å²) < 4.78 is 5.28. The molecule has 0 saturated heterocycles. The van der Waals surface area contributed by atoms with Gasteiger partial charge in [-0.05, 0) is 41.7 Å². The quantitative estimate of drug-likeness (QED) is 0.890. The average Bonchev–Trinajstić information content (AvgIpc) is 2.48. The van der Waals surface area contributed by atoms with E-state index >= 15 is 0 Å². The molecule has 0 aliphatic heterocycles. The second kappa shape index (κ2) is 5.06. The molecule has 0 fully saturated rings. The van der Waals surface area contributed by atoms with Crippen molar-refractivity contribution in [2.75, 3.05) is 7.11 Å². The monoisotopic (exact) mass is 252 g/mol. The number of hydrogen-bond acceptors (Lipinski definition) is 2. The van der Waals surface area contributed by atoms with Crippen LogP contribution in [0.15, 0.2) is 48.5 Å². The topological polar surface area (TPSA) is 35.2 Å². The predicted octanol–water partition coefficient (Wildman–Crippen LogP) is 3.26. The van der Waals surface area contributed by atoms with Crippen LogP contribution in [0.25, 0.3) is 0 Å². The van der Waals surface area contributed by atoms with E-state index in [9.17, 15) is 0 Å². The highest BCUT2D eigenvalue weighted by Gasteiger charge is 2.28. The maximum Gasteiger partial charge on any atom is 0.119 e. The fraction of sp³-hybridized carbons (Fsp3) is 0.235. The van der Waals surface area contributed by atoms with Crippen molar-refractivity contribution in [1.29, 1.82) is 0 Å². The van der Waals surface area contributed by atoms with Gasteiger partial charge in [-0.25, -0.2) is 0 Å². The van der Waals surface area contributed by atoms with E-state index in [4.69, 9.17) is 10.5 Å². The summed E-state index contributed by atoms with van der Waals surface area (Å²) in [6.07, 6.45) is 2.11. The number of fused-ring (bicyclic) bond motifs is 1. The lowest BCUT2D eigenvalue weighted by Crippen LogP contribution is -2.26. The van der Waals surface area contributed by atoms with Gasteiger partial charge in [0.15, 0.2) is 0 Å². The van der Waals surface area contributed by atoms with Gasteiger partial charge in [-0.3, -0.25) is 0 Å². The van der Waals surface area contributed by atoms with Gasteiger partial charge in [0.05, 0.1) is 13.2 Å². The summed E-state index contributed by atoms with van der Waals surface area (Å²) in [4.78, 5) is 0. The Morgan fingerprint density at radius 1 is 1.11 bits per heavy atom. The highest BCUT2D eigenvalue weighted by atomic mass is 16.5. The molecule has 0 unspecified atom stereocenters. The summed E-state index contributed by atoms with van der Waals surface area (Å²) >= 11 is 0. The fourth-order valence-electron chi connectivity index (χ4n) is 2.86. The number of methoxy groups -OCH3 is 1. The number of benzene rings is 2. The van der Waals surface area contributed by atoms with Crippen LogP contribution in [0, 0.1) is 6.04 Å². The van der Waals surface area contributed by atoms with Gasteiger partial charge in [0, 0.05) is 5.92 Å². The Labute approximate surface area is 114 Å². The van der Waals surface area contributed by atoms with Crippen LogP contribution in [0.5, 0.6) is 5.75 Å². The van der Waals surface area contributed by atoms with Crippen LogP contribution in [0.1, 0.15) is 29.0 Å². The molecule has 2 heteroatoms. The first-order valence-electron chi connectivity index (χ1n) is 6.64. The zero-order valence-corrected chi connectivity index (χ0v) is 11.1. The van der Waals surface area contributed by atoms with Crippen molar-refractivity contribution in [1.82, 2.24) is 0 Å². The van der Waals surface area contributed by atoms with Crippen LogP contribution in [-0.2, 0) is 6.42 Å². The molecular formula is C17H18NO. The third-order valence-electron chi connectivity index (χ3n) is 3.90. The van der Waals surface area contributed by atoms with Gasteiger partial charge >= 0.3 is 0 Å². The summed E-state index contributed by atoms with van der Waals surface area (Å²) in [5.74, 6) is 1.24. The second-order valence-corrected chi connectivity index (χ2v) is 4.98. The molecule has 97 valence electrons. The number of aryl methyl sites for hydroxylation is 1. The third kappa shape index (κ3) is 2.24. The van der Waals surface area contributed by atoms with E-state index in [2.05, 4.69) is 36.4 Å². The standard InChI is InChI=1S/C17H18NO/c1-19-14-8-10-16-13(11-14)7-9-15(17(16)18)12-5-3-2-4-6-12/h2-6,8,10-11,15H,7,9,18H2,1H3/t15-/m1/s1. The molecule has 19 heavy (non-hydrogen) atoms. The van der Waals surface area contributed by atoms with Gasteiger partial charge in [0.1, 0.15) is 5.75 Å². The average molecular weight is 252 g/mol. The normalized spacial score (nSPS) is 18.9. The van der Waals surface area contributed by atoms with Gasteiger partial charge < -0.3 is 10.5 Å². The highest BCUT2D eigenvalue weighted by Crippen LogP contribution is 2.39. The molecule has 2 aromatic rings. The Hall–Kier alpha value is -1.80. The van der Waals surface area contributed by atoms with Crippen LogP contribution < -0.4 is 10.5 Å².